The molecule has 0 saturated heterocycles. The molecule has 1 rings (SSSR count). The van der Waals surface area contributed by atoms with Crippen LogP contribution >= 0.6 is 15.9 Å². The average Bonchev–Trinajstić information content (AvgIpc) is 2.28. The van der Waals surface area contributed by atoms with Gasteiger partial charge in [-0.25, -0.2) is 0 Å². The van der Waals surface area contributed by atoms with Gasteiger partial charge in [-0.1, -0.05) is 0 Å². The molecule has 0 aliphatic heterocycles. The Balaban J connectivity index is 3.37. The predicted molar refractivity (Wildman–Crippen MR) is 66.6 cm³/mol. The first-order valence-corrected chi connectivity index (χ1v) is 5.60. The molecular formula is C11H16BrNO3. The van der Waals surface area contributed by atoms with Crippen LogP contribution in [0.4, 0.5) is 0 Å². The zero-order chi connectivity index (χ0) is 12.1. The van der Waals surface area contributed by atoms with E-state index in [9.17, 15) is 0 Å². The van der Waals surface area contributed by atoms with Crippen LogP contribution in [0.3, 0.4) is 0 Å². The lowest BCUT2D eigenvalue weighted by atomic mass is 10.1. The number of nitrogens with one attached hydrogen (secondary N) is 1. The Kier molecular flexibility index (Phi) is 4.89. The molecule has 4 nitrogen and oxygen atoms in total. The lowest BCUT2D eigenvalue weighted by molar-refractivity contribution is 0.320. The molecule has 0 heterocycles. The highest BCUT2D eigenvalue weighted by atomic mass is 79.9. The van der Waals surface area contributed by atoms with Gasteiger partial charge in [0, 0.05) is 12.1 Å². The van der Waals surface area contributed by atoms with Crippen molar-refractivity contribution >= 4 is 15.9 Å². The lowest BCUT2D eigenvalue weighted by Gasteiger charge is -2.17. The molecule has 1 aromatic carbocycles. The van der Waals surface area contributed by atoms with Crippen molar-refractivity contribution in [2.45, 2.75) is 6.54 Å². The predicted octanol–water partition coefficient (Wildman–Crippen LogP) is 2.19. The summed E-state index contributed by atoms with van der Waals surface area (Å²) >= 11 is 3.44. The smallest absolute Gasteiger partial charge is 0.204 e. The van der Waals surface area contributed by atoms with Gasteiger partial charge in [0.2, 0.25) is 5.75 Å². The van der Waals surface area contributed by atoms with E-state index in [4.69, 9.17) is 14.2 Å². The van der Waals surface area contributed by atoms with E-state index >= 15 is 0 Å². The topological polar surface area (TPSA) is 39.7 Å². The standard InChI is InChI=1S/C11H16BrNO3/c1-13-6-7-5-8(12)10(15-3)11(16-4)9(7)14-2/h5,13H,6H2,1-4H3. The molecule has 0 bridgehead atoms. The third kappa shape index (κ3) is 2.41. The summed E-state index contributed by atoms with van der Waals surface area (Å²) in [6.07, 6.45) is 0. The minimum Gasteiger partial charge on any atom is -0.492 e. The van der Waals surface area contributed by atoms with Crippen LogP contribution in [0.2, 0.25) is 0 Å². The second-order valence-corrected chi connectivity index (χ2v) is 4.00. The highest BCUT2D eigenvalue weighted by Gasteiger charge is 2.18. The Morgan fingerprint density at radius 2 is 1.62 bits per heavy atom. The van der Waals surface area contributed by atoms with Gasteiger partial charge in [-0.2, -0.15) is 0 Å². The normalized spacial score (nSPS) is 10.1. The van der Waals surface area contributed by atoms with Crippen molar-refractivity contribution in [1.82, 2.24) is 5.32 Å². The van der Waals surface area contributed by atoms with Crippen LogP contribution in [-0.2, 0) is 6.54 Å². The molecule has 0 atom stereocenters. The van der Waals surface area contributed by atoms with Gasteiger partial charge in [0.05, 0.1) is 25.8 Å². The summed E-state index contributed by atoms with van der Waals surface area (Å²) in [5.41, 5.74) is 1.01. The van der Waals surface area contributed by atoms with Crippen molar-refractivity contribution in [3.8, 4) is 17.2 Å². The maximum atomic E-state index is 5.35. The van der Waals surface area contributed by atoms with E-state index in [-0.39, 0.29) is 0 Å². The molecule has 0 spiro atoms. The summed E-state index contributed by atoms with van der Waals surface area (Å²) in [5.74, 6) is 1.93. The molecule has 0 amide bonds. The Morgan fingerprint density at radius 3 is 2.06 bits per heavy atom. The highest BCUT2D eigenvalue weighted by Crippen LogP contribution is 2.44. The molecule has 0 radical (unpaired) electrons. The highest BCUT2D eigenvalue weighted by molar-refractivity contribution is 9.10. The van der Waals surface area contributed by atoms with Crippen LogP contribution in [0.25, 0.3) is 0 Å². The summed E-state index contributed by atoms with van der Waals surface area (Å²) in [6.45, 7) is 0.697. The second-order valence-electron chi connectivity index (χ2n) is 3.15. The van der Waals surface area contributed by atoms with Crippen LogP contribution in [0.1, 0.15) is 5.56 Å². The third-order valence-corrected chi connectivity index (χ3v) is 2.79. The minimum atomic E-state index is 0.602. The monoisotopic (exact) mass is 289 g/mol. The molecule has 16 heavy (non-hydrogen) atoms. The van der Waals surface area contributed by atoms with Crippen molar-refractivity contribution in [2.75, 3.05) is 28.4 Å². The van der Waals surface area contributed by atoms with E-state index in [0.717, 1.165) is 10.0 Å². The van der Waals surface area contributed by atoms with Gasteiger partial charge in [-0.05, 0) is 29.0 Å². The molecule has 1 N–H and O–H groups in total. The van der Waals surface area contributed by atoms with E-state index in [2.05, 4.69) is 21.2 Å². The Hall–Kier alpha value is -0.940. The van der Waals surface area contributed by atoms with Crippen LogP contribution in [-0.4, -0.2) is 28.4 Å². The number of halogens is 1. The quantitative estimate of drug-likeness (QED) is 0.902. The molecule has 0 aliphatic rings. The average molecular weight is 290 g/mol. The number of hydrogen-bond donors (Lipinski definition) is 1. The number of methoxy groups -OCH3 is 3. The van der Waals surface area contributed by atoms with Gasteiger partial charge >= 0.3 is 0 Å². The fraction of sp³-hybridized carbons (Fsp3) is 0.455. The molecule has 0 unspecified atom stereocenters. The molecule has 0 aliphatic carbocycles. The van der Waals surface area contributed by atoms with Gasteiger partial charge in [0.25, 0.3) is 0 Å². The Morgan fingerprint density at radius 1 is 1.06 bits per heavy atom. The molecule has 1 aromatic rings. The van der Waals surface area contributed by atoms with Crippen LogP contribution in [0.5, 0.6) is 17.2 Å². The van der Waals surface area contributed by atoms with E-state index in [1.54, 1.807) is 21.3 Å². The Bertz CT molecular complexity index is 369. The molecule has 0 aromatic heterocycles. The molecule has 0 fully saturated rings. The number of rotatable bonds is 5. The first kappa shape index (κ1) is 13.1. The van der Waals surface area contributed by atoms with Crippen molar-refractivity contribution in [1.29, 1.82) is 0 Å². The largest absolute Gasteiger partial charge is 0.492 e. The van der Waals surface area contributed by atoms with Crippen LogP contribution in [0.15, 0.2) is 10.5 Å². The van der Waals surface area contributed by atoms with Crippen molar-refractivity contribution in [3.05, 3.63) is 16.1 Å². The van der Waals surface area contributed by atoms with Crippen molar-refractivity contribution in [3.63, 3.8) is 0 Å². The van der Waals surface area contributed by atoms with Gasteiger partial charge in [0.15, 0.2) is 11.5 Å². The van der Waals surface area contributed by atoms with E-state index < -0.39 is 0 Å². The first-order chi connectivity index (χ1) is 7.69. The molecule has 0 saturated carbocycles. The fourth-order valence-electron chi connectivity index (χ4n) is 1.56. The summed E-state index contributed by atoms with van der Waals surface area (Å²) in [4.78, 5) is 0. The summed E-state index contributed by atoms with van der Waals surface area (Å²) in [6, 6.07) is 1.96. The van der Waals surface area contributed by atoms with Crippen LogP contribution in [0, 0.1) is 0 Å². The number of hydrogen-bond acceptors (Lipinski definition) is 4. The van der Waals surface area contributed by atoms with Gasteiger partial charge < -0.3 is 19.5 Å². The first-order valence-electron chi connectivity index (χ1n) is 4.81. The van der Waals surface area contributed by atoms with E-state index in [1.165, 1.54) is 0 Å². The van der Waals surface area contributed by atoms with E-state index in [1.807, 2.05) is 13.1 Å². The molecule has 90 valence electrons. The SMILES string of the molecule is CNCc1cc(Br)c(OC)c(OC)c1OC. The molecular weight excluding hydrogens is 274 g/mol. The minimum absolute atomic E-state index is 0.602. The summed E-state index contributed by atoms with van der Waals surface area (Å²) in [7, 11) is 6.68. The van der Waals surface area contributed by atoms with Crippen molar-refractivity contribution < 1.29 is 14.2 Å². The molecule has 5 heteroatoms. The second kappa shape index (κ2) is 5.96. The third-order valence-electron chi connectivity index (χ3n) is 2.20. The zero-order valence-electron chi connectivity index (χ0n) is 9.89. The fourth-order valence-corrected chi connectivity index (χ4v) is 2.18. The number of ether oxygens (including phenoxy) is 3. The maximum absolute atomic E-state index is 5.35. The van der Waals surface area contributed by atoms with Gasteiger partial charge in [0.1, 0.15) is 0 Å². The zero-order valence-corrected chi connectivity index (χ0v) is 11.5. The lowest BCUT2D eigenvalue weighted by Crippen LogP contribution is -2.08. The van der Waals surface area contributed by atoms with Gasteiger partial charge in [-0.15, -0.1) is 0 Å². The number of benzene rings is 1. The summed E-state index contributed by atoms with van der Waals surface area (Å²) in [5, 5.41) is 3.08. The van der Waals surface area contributed by atoms with Crippen molar-refractivity contribution in [2.24, 2.45) is 0 Å². The maximum Gasteiger partial charge on any atom is 0.204 e. The van der Waals surface area contributed by atoms with E-state index in [0.29, 0.717) is 23.8 Å². The van der Waals surface area contributed by atoms with Crippen LogP contribution < -0.4 is 19.5 Å². The summed E-state index contributed by atoms with van der Waals surface area (Å²) < 4.78 is 16.8. The van der Waals surface area contributed by atoms with Gasteiger partial charge in [-0.3, -0.25) is 0 Å². The Labute approximate surface area is 104 Å².